The number of fused-ring (bicyclic) bond motifs is 3. The van der Waals surface area contributed by atoms with Gasteiger partial charge in [-0.1, -0.05) is 158 Å². The number of para-hydroxylation sites is 1. The zero-order valence-electron chi connectivity index (χ0n) is 26.5. The van der Waals surface area contributed by atoms with Crippen LogP contribution in [0.4, 0.5) is 0 Å². The zero-order chi connectivity index (χ0) is 32.6. The van der Waals surface area contributed by atoms with Crippen LogP contribution < -0.4 is 0 Å². The van der Waals surface area contributed by atoms with Crippen molar-refractivity contribution in [3.05, 3.63) is 176 Å². The first-order chi connectivity index (χ1) is 24.3. The van der Waals surface area contributed by atoms with Crippen molar-refractivity contribution in [3.8, 4) is 67.5 Å². The molecular weight excluding hydrogens is 599 g/mol. The van der Waals surface area contributed by atoms with Gasteiger partial charge in [0.2, 0.25) is 0 Å². The monoisotopic (exact) mass is 627 g/mol. The third kappa shape index (κ3) is 5.35. The summed E-state index contributed by atoms with van der Waals surface area (Å²) in [5.41, 5.74) is 11.2. The summed E-state index contributed by atoms with van der Waals surface area (Å²) in [6.07, 6.45) is 0. The van der Waals surface area contributed by atoms with Gasteiger partial charge in [-0.2, -0.15) is 0 Å². The summed E-state index contributed by atoms with van der Waals surface area (Å²) in [6.45, 7) is 0. The van der Waals surface area contributed by atoms with Crippen LogP contribution in [0, 0.1) is 0 Å². The SMILES string of the molecule is c1ccc(-c2ccc(-c3ccc(-c4nc(-c5ccccc5)nc(-c5ccc6oc7ccccc7c6c5-c5ccccc5)n4)cc3)cc2)cc1. The van der Waals surface area contributed by atoms with Crippen LogP contribution in [-0.2, 0) is 0 Å². The molecule has 4 heteroatoms. The molecule has 0 spiro atoms. The fourth-order valence-electron chi connectivity index (χ4n) is 6.55. The Kier molecular flexibility index (Phi) is 7.10. The molecule has 0 aliphatic rings. The predicted octanol–water partition coefficient (Wildman–Crippen LogP) is 11.8. The van der Waals surface area contributed by atoms with E-state index in [4.69, 9.17) is 19.4 Å². The number of hydrogen-bond acceptors (Lipinski definition) is 4. The van der Waals surface area contributed by atoms with Crippen molar-refractivity contribution in [2.24, 2.45) is 0 Å². The van der Waals surface area contributed by atoms with Crippen LogP contribution in [0.3, 0.4) is 0 Å². The van der Waals surface area contributed by atoms with E-state index in [0.717, 1.165) is 60.9 Å². The van der Waals surface area contributed by atoms with E-state index in [1.807, 2.05) is 60.7 Å². The molecule has 9 rings (SSSR count). The van der Waals surface area contributed by atoms with Crippen molar-refractivity contribution in [1.29, 1.82) is 0 Å². The molecule has 0 saturated carbocycles. The maximum absolute atomic E-state index is 6.32. The third-order valence-corrected chi connectivity index (χ3v) is 8.98. The highest BCUT2D eigenvalue weighted by atomic mass is 16.3. The summed E-state index contributed by atoms with van der Waals surface area (Å²) in [4.78, 5) is 15.3. The van der Waals surface area contributed by atoms with Gasteiger partial charge in [0, 0.05) is 33.0 Å². The average molecular weight is 628 g/mol. The van der Waals surface area contributed by atoms with Gasteiger partial charge in [0.05, 0.1) is 0 Å². The Labute approximate surface area is 284 Å². The summed E-state index contributed by atoms with van der Waals surface area (Å²) in [5.74, 6) is 1.85. The fraction of sp³-hybridized carbons (Fsp3) is 0. The van der Waals surface area contributed by atoms with Crippen molar-refractivity contribution in [3.63, 3.8) is 0 Å². The second kappa shape index (κ2) is 12.2. The Morgan fingerprint density at radius 3 is 1.33 bits per heavy atom. The largest absolute Gasteiger partial charge is 0.456 e. The second-order valence-corrected chi connectivity index (χ2v) is 12.0. The average Bonchev–Trinajstić information content (AvgIpc) is 3.57. The van der Waals surface area contributed by atoms with Gasteiger partial charge in [-0.05, 0) is 46.0 Å². The number of nitrogens with zero attached hydrogens (tertiary/aromatic N) is 3. The summed E-state index contributed by atoms with van der Waals surface area (Å²) in [7, 11) is 0. The van der Waals surface area contributed by atoms with Crippen molar-refractivity contribution in [2.75, 3.05) is 0 Å². The third-order valence-electron chi connectivity index (χ3n) is 8.98. The van der Waals surface area contributed by atoms with Crippen LogP contribution in [0.2, 0.25) is 0 Å². The van der Waals surface area contributed by atoms with Gasteiger partial charge in [0.25, 0.3) is 0 Å². The zero-order valence-corrected chi connectivity index (χ0v) is 26.5. The number of rotatable bonds is 6. The first-order valence-corrected chi connectivity index (χ1v) is 16.4. The van der Waals surface area contributed by atoms with Gasteiger partial charge in [-0.15, -0.1) is 0 Å². The summed E-state index contributed by atoms with van der Waals surface area (Å²) < 4.78 is 6.32. The van der Waals surface area contributed by atoms with Crippen molar-refractivity contribution < 1.29 is 4.42 Å². The van der Waals surface area contributed by atoms with E-state index in [0.29, 0.717) is 17.5 Å². The fourth-order valence-corrected chi connectivity index (χ4v) is 6.55. The molecule has 0 unspecified atom stereocenters. The molecule has 0 saturated heterocycles. The minimum Gasteiger partial charge on any atom is -0.456 e. The topological polar surface area (TPSA) is 51.8 Å². The maximum atomic E-state index is 6.32. The minimum absolute atomic E-state index is 0.607. The van der Waals surface area contributed by atoms with Crippen molar-refractivity contribution in [1.82, 2.24) is 15.0 Å². The normalized spacial score (nSPS) is 11.3. The van der Waals surface area contributed by atoms with Crippen LogP contribution >= 0.6 is 0 Å². The first kappa shape index (κ1) is 28.6. The van der Waals surface area contributed by atoms with Crippen LogP contribution in [0.5, 0.6) is 0 Å². The lowest BCUT2D eigenvalue weighted by Crippen LogP contribution is -2.01. The Morgan fingerprint density at radius 1 is 0.306 bits per heavy atom. The Balaban J connectivity index is 1.18. The maximum Gasteiger partial charge on any atom is 0.164 e. The minimum atomic E-state index is 0.607. The van der Waals surface area contributed by atoms with E-state index in [1.165, 1.54) is 11.1 Å². The van der Waals surface area contributed by atoms with Gasteiger partial charge >= 0.3 is 0 Å². The summed E-state index contributed by atoms with van der Waals surface area (Å²) in [6, 6.07) is 60.4. The Morgan fingerprint density at radius 2 is 0.735 bits per heavy atom. The number of aromatic nitrogens is 3. The molecule has 0 bridgehead atoms. The number of furan rings is 1. The lowest BCUT2D eigenvalue weighted by molar-refractivity contribution is 0.669. The van der Waals surface area contributed by atoms with Gasteiger partial charge in [-0.3, -0.25) is 0 Å². The molecular formula is C45H29N3O. The van der Waals surface area contributed by atoms with E-state index in [-0.39, 0.29) is 0 Å². The Hall–Kier alpha value is -6.65. The summed E-state index contributed by atoms with van der Waals surface area (Å²) in [5, 5.41) is 2.10. The first-order valence-electron chi connectivity index (χ1n) is 16.4. The predicted molar refractivity (Wildman–Crippen MR) is 200 cm³/mol. The van der Waals surface area contributed by atoms with Gasteiger partial charge < -0.3 is 4.42 Å². The molecule has 230 valence electrons. The molecule has 0 atom stereocenters. The lowest BCUT2D eigenvalue weighted by atomic mass is 9.94. The van der Waals surface area contributed by atoms with Crippen LogP contribution in [-0.4, -0.2) is 15.0 Å². The second-order valence-electron chi connectivity index (χ2n) is 12.0. The van der Waals surface area contributed by atoms with Crippen LogP contribution in [0.15, 0.2) is 180 Å². The highest BCUT2D eigenvalue weighted by molar-refractivity contribution is 6.15. The molecule has 0 fully saturated rings. The smallest absolute Gasteiger partial charge is 0.164 e. The number of benzene rings is 7. The molecule has 2 aromatic heterocycles. The quantitative estimate of drug-likeness (QED) is 0.184. The summed E-state index contributed by atoms with van der Waals surface area (Å²) >= 11 is 0. The van der Waals surface area contributed by atoms with E-state index in [2.05, 4.69) is 115 Å². The molecule has 49 heavy (non-hydrogen) atoms. The lowest BCUT2D eigenvalue weighted by Gasteiger charge is -2.13. The molecule has 4 nitrogen and oxygen atoms in total. The van der Waals surface area contributed by atoms with Gasteiger partial charge in [0.1, 0.15) is 11.2 Å². The Bertz CT molecular complexity index is 2560. The van der Waals surface area contributed by atoms with E-state index in [9.17, 15) is 0 Å². The molecule has 0 N–H and O–H groups in total. The molecule has 0 amide bonds. The van der Waals surface area contributed by atoms with E-state index in [1.54, 1.807) is 0 Å². The van der Waals surface area contributed by atoms with Gasteiger partial charge in [0.15, 0.2) is 17.5 Å². The van der Waals surface area contributed by atoms with E-state index >= 15 is 0 Å². The van der Waals surface area contributed by atoms with E-state index < -0.39 is 0 Å². The van der Waals surface area contributed by atoms with Crippen molar-refractivity contribution in [2.45, 2.75) is 0 Å². The molecule has 0 radical (unpaired) electrons. The molecule has 2 heterocycles. The molecule has 0 aliphatic carbocycles. The standard InChI is InChI=1S/C45H29N3O/c1-4-12-30(13-5-1)31-20-22-32(23-21-31)33-24-26-36(27-25-33)44-46-43(35-16-8-3-9-17-35)47-45(48-44)38-28-29-40-42(37-18-10-11-19-39(37)49-40)41(38)34-14-6-2-7-15-34/h1-29H. The van der Waals surface area contributed by atoms with Crippen molar-refractivity contribution >= 4 is 21.9 Å². The van der Waals surface area contributed by atoms with Crippen LogP contribution in [0.25, 0.3) is 89.5 Å². The van der Waals surface area contributed by atoms with Gasteiger partial charge in [-0.25, -0.2) is 15.0 Å². The molecule has 0 aliphatic heterocycles. The molecule has 9 aromatic rings. The highest BCUT2D eigenvalue weighted by Crippen LogP contribution is 2.42. The number of hydrogen-bond donors (Lipinski definition) is 0. The molecule has 7 aromatic carbocycles. The van der Waals surface area contributed by atoms with Crippen LogP contribution in [0.1, 0.15) is 0 Å². The highest BCUT2D eigenvalue weighted by Gasteiger charge is 2.21.